The Morgan fingerprint density at radius 1 is 0.205 bits per heavy atom. The number of nitrogens with zero attached hydrogens (tertiary/aromatic N) is 1. The molecular formula is C70H39NO2. The van der Waals surface area contributed by atoms with E-state index in [9.17, 15) is 0 Å². The Hall–Kier alpha value is -9.70. The van der Waals surface area contributed by atoms with Gasteiger partial charge in [0.2, 0.25) is 0 Å². The van der Waals surface area contributed by atoms with Gasteiger partial charge in [0.15, 0.2) is 0 Å². The van der Waals surface area contributed by atoms with Crippen LogP contribution in [0.4, 0.5) is 0 Å². The van der Waals surface area contributed by atoms with Crippen LogP contribution < -0.4 is 0 Å². The number of aromatic nitrogens is 1. The SMILES string of the molecule is c1ccc(-c2ccc(-c3cc4c5cc6ccc(-c7ccc8oc9cc%10ccccc%10cc9c8c7)cc6cc5n5c6cc7cc(-c8ccc9oc%10cc%11ccccc%11cc%10c9c8)ccc7cc6c(c3)c45)cc2)cc1. The molecule has 0 fully saturated rings. The molecule has 0 aliphatic rings. The van der Waals surface area contributed by atoms with E-state index in [0.717, 1.165) is 43.9 Å². The summed E-state index contributed by atoms with van der Waals surface area (Å²) in [5.74, 6) is 0. The molecule has 0 unspecified atom stereocenters. The Bertz CT molecular complexity index is 4910. The fourth-order valence-electron chi connectivity index (χ4n) is 12.3. The van der Waals surface area contributed by atoms with E-state index in [1.54, 1.807) is 0 Å². The summed E-state index contributed by atoms with van der Waals surface area (Å²) in [6, 6.07) is 87.2. The first-order valence-electron chi connectivity index (χ1n) is 25.1. The van der Waals surface area contributed by atoms with Crippen molar-refractivity contribution in [2.24, 2.45) is 0 Å². The zero-order valence-corrected chi connectivity index (χ0v) is 39.3. The van der Waals surface area contributed by atoms with Crippen molar-refractivity contribution in [1.82, 2.24) is 4.40 Å². The van der Waals surface area contributed by atoms with Crippen LogP contribution in [-0.2, 0) is 0 Å². The van der Waals surface area contributed by atoms with Crippen LogP contribution in [0.5, 0.6) is 0 Å². The van der Waals surface area contributed by atoms with Crippen molar-refractivity contribution in [3.63, 3.8) is 0 Å². The first kappa shape index (κ1) is 39.1. The zero-order valence-electron chi connectivity index (χ0n) is 39.3. The van der Waals surface area contributed by atoms with Gasteiger partial charge < -0.3 is 13.2 Å². The molecule has 0 N–H and O–H groups in total. The molecule has 0 atom stereocenters. The third kappa shape index (κ3) is 5.76. The van der Waals surface area contributed by atoms with E-state index in [4.69, 9.17) is 8.83 Å². The van der Waals surface area contributed by atoms with Crippen LogP contribution in [0.25, 0.3) is 170 Å². The van der Waals surface area contributed by atoms with Gasteiger partial charge in [-0.25, -0.2) is 0 Å². The monoisotopic (exact) mass is 925 g/mol. The molecule has 0 spiro atoms. The molecule has 0 aliphatic carbocycles. The Morgan fingerprint density at radius 3 is 1.07 bits per heavy atom. The molecular weight excluding hydrogens is 887 g/mol. The van der Waals surface area contributed by atoms with Crippen molar-refractivity contribution in [1.29, 1.82) is 0 Å². The van der Waals surface area contributed by atoms with Gasteiger partial charge in [-0.3, -0.25) is 0 Å². The fraction of sp³-hybridized carbons (Fsp3) is 0. The average molecular weight is 926 g/mol. The van der Waals surface area contributed by atoms with Crippen LogP contribution >= 0.6 is 0 Å². The molecule has 4 aromatic heterocycles. The topological polar surface area (TPSA) is 30.7 Å². The smallest absolute Gasteiger partial charge is 0.136 e. The van der Waals surface area contributed by atoms with E-state index in [1.807, 2.05) is 0 Å². The van der Waals surface area contributed by atoms with Crippen molar-refractivity contribution < 1.29 is 8.83 Å². The number of benzene rings is 13. The van der Waals surface area contributed by atoms with Crippen LogP contribution in [0.15, 0.2) is 245 Å². The summed E-state index contributed by atoms with van der Waals surface area (Å²) in [4.78, 5) is 0. The van der Waals surface area contributed by atoms with Gasteiger partial charge in [0.05, 0.1) is 16.6 Å². The first-order valence-corrected chi connectivity index (χ1v) is 25.1. The van der Waals surface area contributed by atoms with Gasteiger partial charge in [0, 0.05) is 43.1 Å². The third-order valence-corrected chi connectivity index (χ3v) is 16.0. The highest BCUT2D eigenvalue weighted by molar-refractivity contribution is 6.27. The lowest BCUT2D eigenvalue weighted by atomic mass is 9.95. The minimum atomic E-state index is 0.904. The standard InChI is InChI=1S/C70H39NO2/c1-2-8-40(9-3-1)41-14-16-42(17-15-41)55-34-62-56-28-51-20-18-47(49-22-24-66-58(32-49)60-30-43-10-4-6-12-45(43)38-68(60)72-66)26-53(51)36-64(56)71-65-37-54-27-48(19-21-52(54)29-57(65)63(35-55)70(62)71)50-23-25-67-59(33-50)61-31-44-11-5-7-13-46(44)39-69(61)73-67/h1-39H. The number of furan rings is 2. The Labute approximate surface area is 417 Å². The molecule has 73 heavy (non-hydrogen) atoms. The molecule has 0 saturated heterocycles. The molecule has 0 amide bonds. The van der Waals surface area contributed by atoms with Crippen molar-refractivity contribution >= 4 is 125 Å². The lowest BCUT2D eigenvalue weighted by molar-refractivity contribution is 0.669. The van der Waals surface area contributed by atoms with Gasteiger partial charge in [0.25, 0.3) is 0 Å². The predicted molar refractivity (Wildman–Crippen MR) is 307 cm³/mol. The molecule has 3 nitrogen and oxygen atoms in total. The van der Waals surface area contributed by atoms with Crippen molar-refractivity contribution in [2.45, 2.75) is 0 Å². The summed E-state index contributed by atoms with van der Waals surface area (Å²) in [5, 5.41) is 19.2. The summed E-state index contributed by atoms with van der Waals surface area (Å²) in [6.07, 6.45) is 0. The Morgan fingerprint density at radius 2 is 0.562 bits per heavy atom. The zero-order chi connectivity index (χ0) is 47.5. The average Bonchev–Trinajstić information content (AvgIpc) is 4.18. The third-order valence-electron chi connectivity index (χ3n) is 16.0. The maximum absolute atomic E-state index is 6.41. The summed E-state index contributed by atoms with van der Waals surface area (Å²) in [6.45, 7) is 0. The molecule has 4 heterocycles. The largest absolute Gasteiger partial charge is 0.456 e. The van der Waals surface area contributed by atoms with Crippen LogP contribution in [0.3, 0.4) is 0 Å². The van der Waals surface area contributed by atoms with Crippen LogP contribution in [0.2, 0.25) is 0 Å². The summed E-state index contributed by atoms with van der Waals surface area (Å²) in [5.41, 5.74) is 16.9. The van der Waals surface area contributed by atoms with Crippen LogP contribution in [0.1, 0.15) is 0 Å². The van der Waals surface area contributed by atoms with Gasteiger partial charge in [0.1, 0.15) is 22.3 Å². The molecule has 3 heteroatoms. The quantitative estimate of drug-likeness (QED) is 0.176. The highest BCUT2D eigenvalue weighted by Crippen LogP contribution is 2.46. The predicted octanol–water partition coefficient (Wildman–Crippen LogP) is 19.9. The van der Waals surface area contributed by atoms with Crippen molar-refractivity contribution in [3.8, 4) is 44.5 Å². The van der Waals surface area contributed by atoms with E-state index < -0.39 is 0 Å². The molecule has 0 bridgehead atoms. The molecule has 0 radical (unpaired) electrons. The van der Waals surface area contributed by atoms with Crippen LogP contribution in [-0.4, -0.2) is 4.40 Å². The number of hydrogen-bond donors (Lipinski definition) is 0. The van der Waals surface area contributed by atoms with E-state index in [-0.39, 0.29) is 0 Å². The number of hydrogen-bond acceptors (Lipinski definition) is 2. The number of rotatable bonds is 4. The highest BCUT2D eigenvalue weighted by Gasteiger charge is 2.21. The number of fused-ring (bicyclic) bond motifs is 16. The van der Waals surface area contributed by atoms with Gasteiger partial charge in [-0.15, -0.1) is 0 Å². The Kier molecular flexibility index (Phi) is 7.73. The van der Waals surface area contributed by atoms with E-state index in [1.165, 1.54) is 126 Å². The van der Waals surface area contributed by atoms with Crippen LogP contribution in [0, 0.1) is 0 Å². The van der Waals surface area contributed by atoms with E-state index in [0.29, 0.717) is 0 Å². The van der Waals surface area contributed by atoms with E-state index in [2.05, 4.69) is 241 Å². The summed E-state index contributed by atoms with van der Waals surface area (Å²) in [7, 11) is 0. The normalized spacial score (nSPS) is 12.4. The van der Waals surface area contributed by atoms with Gasteiger partial charge in [-0.05, 0) is 185 Å². The second-order valence-electron chi connectivity index (χ2n) is 20.1. The summed E-state index contributed by atoms with van der Waals surface area (Å²) < 4.78 is 15.4. The molecule has 17 rings (SSSR count). The highest BCUT2D eigenvalue weighted by atomic mass is 16.3. The summed E-state index contributed by atoms with van der Waals surface area (Å²) >= 11 is 0. The lowest BCUT2D eigenvalue weighted by Crippen LogP contribution is -1.84. The fourth-order valence-corrected chi connectivity index (χ4v) is 12.3. The van der Waals surface area contributed by atoms with Crippen molar-refractivity contribution in [3.05, 3.63) is 237 Å². The molecule has 0 aliphatic heterocycles. The second-order valence-corrected chi connectivity index (χ2v) is 20.1. The van der Waals surface area contributed by atoms with Gasteiger partial charge in [-0.1, -0.05) is 140 Å². The van der Waals surface area contributed by atoms with E-state index >= 15 is 0 Å². The second kappa shape index (κ2) is 14.4. The maximum atomic E-state index is 6.41. The molecule has 13 aromatic carbocycles. The Balaban J connectivity index is 0.857. The minimum Gasteiger partial charge on any atom is -0.456 e. The minimum absolute atomic E-state index is 0.904. The van der Waals surface area contributed by atoms with Gasteiger partial charge >= 0.3 is 0 Å². The molecule has 336 valence electrons. The molecule has 0 saturated carbocycles. The van der Waals surface area contributed by atoms with Gasteiger partial charge in [-0.2, -0.15) is 0 Å². The first-order chi connectivity index (χ1) is 36.1. The lowest BCUT2D eigenvalue weighted by Gasteiger charge is -2.08. The molecule has 17 aromatic rings. The maximum Gasteiger partial charge on any atom is 0.136 e. The van der Waals surface area contributed by atoms with Crippen molar-refractivity contribution in [2.75, 3.05) is 0 Å².